The molecule has 1 unspecified atom stereocenters. The van der Waals surface area contributed by atoms with Crippen LogP contribution in [0.5, 0.6) is 0 Å². The van der Waals surface area contributed by atoms with Gasteiger partial charge in [-0.15, -0.1) is 11.6 Å². The largest absolute Gasteiger partial charge is 0.446 e. The summed E-state index contributed by atoms with van der Waals surface area (Å²) < 4.78 is 37.5. The van der Waals surface area contributed by atoms with Gasteiger partial charge in [0.05, 0.1) is 5.69 Å². The predicted octanol–water partition coefficient (Wildman–Crippen LogP) is 3.89. The van der Waals surface area contributed by atoms with Crippen LogP contribution in [0.15, 0.2) is 29.2 Å². The fourth-order valence-corrected chi connectivity index (χ4v) is 2.89. The number of hydrogen-bond donors (Lipinski definition) is 0. The second kappa shape index (κ2) is 5.63. The molecular weight excluding hydrogens is 299 g/mol. The number of carbonyl (C=O) groups excluding carboxylic acids is 1. The summed E-state index contributed by atoms with van der Waals surface area (Å²) in [6.07, 6.45) is 0.286. The highest BCUT2D eigenvalue weighted by molar-refractivity contribution is 8.00. The number of thioether (sulfide) groups is 1. The summed E-state index contributed by atoms with van der Waals surface area (Å²) in [6.45, 7) is 0.373. The molecule has 7 heteroatoms. The molecule has 1 fully saturated rings. The van der Waals surface area contributed by atoms with Gasteiger partial charge in [0.1, 0.15) is 0 Å². The lowest BCUT2D eigenvalue weighted by Gasteiger charge is -2.20. The quantitative estimate of drug-likeness (QED) is 0.623. The van der Waals surface area contributed by atoms with Crippen molar-refractivity contribution in [1.82, 2.24) is 0 Å². The van der Waals surface area contributed by atoms with Crippen LogP contribution in [-0.4, -0.2) is 23.8 Å². The Kier molecular flexibility index (Phi) is 4.30. The molecule has 1 heterocycles. The molecule has 0 aliphatic carbocycles. The van der Waals surface area contributed by atoms with Crippen LogP contribution in [0.25, 0.3) is 0 Å². The fraction of sp³-hybridized carbons (Fsp3) is 0.417. The van der Waals surface area contributed by atoms with Gasteiger partial charge in [-0.25, -0.2) is 0 Å². The van der Waals surface area contributed by atoms with Crippen molar-refractivity contribution in [3.8, 4) is 0 Å². The van der Waals surface area contributed by atoms with Crippen LogP contribution >= 0.6 is 23.4 Å². The van der Waals surface area contributed by atoms with Crippen LogP contribution in [0.2, 0.25) is 0 Å². The number of alkyl halides is 4. The van der Waals surface area contributed by atoms with Gasteiger partial charge in [0, 0.05) is 23.7 Å². The number of benzene rings is 1. The van der Waals surface area contributed by atoms with Gasteiger partial charge in [-0.1, -0.05) is 12.1 Å². The van der Waals surface area contributed by atoms with Crippen molar-refractivity contribution < 1.29 is 18.0 Å². The molecule has 2 nitrogen and oxygen atoms in total. The van der Waals surface area contributed by atoms with Gasteiger partial charge in [0.25, 0.3) is 0 Å². The van der Waals surface area contributed by atoms with E-state index in [-0.39, 0.29) is 34.9 Å². The molecule has 1 aromatic carbocycles. The molecule has 2 rings (SSSR count). The summed E-state index contributed by atoms with van der Waals surface area (Å²) in [7, 11) is 0. The highest BCUT2D eigenvalue weighted by Crippen LogP contribution is 2.42. The molecule has 1 atom stereocenters. The minimum Gasteiger partial charge on any atom is -0.311 e. The van der Waals surface area contributed by atoms with Crippen LogP contribution < -0.4 is 4.90 Å². The third-order valence-corrected chi connectivity index (χ3v) is 4.04. The summed E-state index contributed by atoms with van der Waals surface area (Å²) in [4.78, 5) is 13.3. The van der Waals surface area contributed by atoms with E-state index in [0.29, 0.717) is 18.1 Å². The Morgan fingerprint density at radius 3 is 2.63 bits per heavy atom. The van der Waals surface area contributed by atoms with Gasteiger partial charge in [0.2, 0.25) is 5.91 Å². The molecule has 19 heavy (non-hydrogen) atoms. The lowest BCUT2D eigenvalue weighted by molar-refractivity contribution is -0.117. The van der Waals surface area contributed by atoms with Crippen LogP contribution in [0, 0.1) is 5.92 Å². The molecular formula is C12H11ClF3NOS. The number of nitrogens with zero attached hydrogens (tertiary/aromatic N) is 1. The Morgan fingerprint density at radius 2 is 2.05 bits per heavy atom. The summed E-state index contributed by atoms with van der Waals surface area (Å²) >= 11 is 5.51. The van der Waals surface area contributed by atoms with Crippen LogP contribution in [0.4, 0.5) is 18.9 Å². The van der Waals surface area contributed by atoms with E-state index in [0.717, 1.165) is 0 Å². The van der Waals surface area contributed by atoms with Crippen molar-refractivity contribution in [2.24, 2.45) is 5.92 Å². The second-order valence-corrected chi connectivity index (χ2v) is 5.66. The Bertz CT molecular complexity index is 480. The van der Waals surface area contributed by atoms with Crippen molar-refractivity contribution >= 4 is 35.0 Å². The number of anilines is 1. The van der Waals surface area contributed by atoms with Gasteiger partial charge in [0.15, 0.2) is 0 Å². The fourth-order valence-electron chi connectivity index (χ4n) is 2.01. The summed E-state index contributed by atoms with van der Waals surface area (Å²) in [5, 5.41) is 0. The topological polar surface area (TPSA) is 20.3 Å². The van der Waals surface area contributed by atoms with E-state index in [1.165, 1.54) is 23.1 Å². The molecule has 1 aromatic rings. The number of hydrogen-bond acceptors (Lipinski definition) is 2. The molecule has 0 aromatic heterocycles. The molecule has 0 bridgehead atoms. The highest BCUT2D eigenvalue weighted by Gasteiger charge is 2.35. The third-order valence-electron chi connectivity index (χ3n) is 2.81. The maximum Gasteiger partial charge on any atom is 0.446 e. The first-order valence-corrected chi connectivity index (χ1v) is 6.97. The van der Waals surface area contributed by atoms with E-state index >= 15 is 0 Å². The van der Waals surface area contributed by atoms with Crippen molar-refractivity contribution in [3.63, 3.8) is 0 Å². The Hall–Kier alpha value is -0.880. The minimum absolute atomic E-state index is 0.00175. The third kappa shape index (κ3) is 3.57. The number of rotatable bonds is 3. The highest BCUT2D eigenvalue weighted by atomic mass is 35.5. The van der Waals surface area contributed by atoms with E-state index in [1.54, 1.807) is 6.07 Å². The first kappa shape index (κ1) is 14.5. The van der Waals surface area contributed by atoms with Gasteiger partial charge >= 0.3 is 5.51 Å². The second-order valence-electron chi connectivity index (χ2n) is 4.24. The van der Waals surface area contributed by atoms with E-state index in [1.807, 2.05) is 0 Å². The predicted molar refractivity (Wildman–Crippen MR) is 69.5 cm³/mol. The summed E-state index contributed by atoms with van der Waals surface area (Å²) in [6, 6.07) is 6.05. The zero-order chi connectivity index (χ0) is 14.0. The van der Waals surface area contributed by atoms with Crippen molar-refractivity contribution in [1.29, 1.82) is 0 Å². The van der Waals surface area contributed by atoms with Crippen LogP contribution in [-0.2, 0) is 4.79 Å². The van der Waals surface area contributed by atoms with E-state index in [4.69, 9.17) is 11.6 Å². The maximum atomic E-state index is 12.5. The SMILES string of the molecule is O=C1CC(CCl)CN1c1ccccc1SC(F)(F)F. The normalized spacial score (nSPS) is 20.1. The zero-order valence-corrected chi connectivity index (χ0v) is 11.4. The minimum atomic E-state index is -4.37. The Morgan fingerprint density at radius 1 is 1.37 bits per heavy atom. The first-order valence-electron chi connectivity index (χ1n) is 5.62. The van der Waals surface area contributed by atoms with Gasteiger partial charge < -0.3 is 4.90 Å². The molecule has 1 amide bonds. The average molecular weight is 310 g/mol. The molecule has 1 aliphatic heterocycles. The lowest BCUT2D eigenvalue weighted by atomic mass is 10.1. The zero-order valence-electron chi connectivity index (χ0n) is 9.78. The molecule has 0 saturated carbocycles. The molecule has 1 aliphatic rings. The molecule has 0 N–H and O–H groups in total. The average Bonchev–Trinajstić information content (AvgIpc) is 2.69. The number of carbonyl (C=O) groups is 1. The van der Waals surface area contributed by atoms with Crippen molar-refractivity contribution in [2.45, 2.75) is 16.8 Å². The van der Waals surface area contributed by atoms with Gasteiger partial charge in [-0.05, 0) is 29.8 Å². The van der Waals surface area contributed by atoms with Crippen LogP contribution in [0.1, 0.15) is 6.42 Å². The Balaban J connectivity index is 2.27. The van der Waals surface area contributed by atoms with Gasteiger partial charge in [-0.3, -0.25) is 4.79 Å². The monoisotopic (exact) mass is 309 g/mol. The molecule has 1 saturated heterocycles. The summed E-state index contributed by atoms with van der Waals surface area (Å²) in [5.74, 6) is 0.149. The van der Waals surface area contributed by atoms with E-state index in [9.17, 15) is 18.0 Å². The molecule has 104 valence electrons. The number of para-hydroxylation sites is 1. The van der Waals surface area contributed by atoms with Crippen molar-refractivity contribution in [3.05, 3.63) is 24.3 Å². The number of amides is 1. The maximum absolute atomic E-state index is 12.5. The van der Waals surface area contributed by atoms with E-state index < -0.39 is 5.51 Å². The van der Waals surface area contributed by atoms with Gasteiger partial charge in [-0.2, -0.15) is 13.2 Å². The van der Waals surface area contributed by atoms with Crippen molar-refractivity contribution in [2.75, 3.05) is 17.3 Å². The lowest BCUT2D eigenvalue weighted by Crippen LogP contribution is -2.25. The molecule has 0 radical (unpaired) electrons. The smallest absolute Gasteiger partial charge is 0.311 e. The summed E-state index contributed by atoms with van der Waals surface area (Å²) in [5.41, 5.74) is -4.06. The Labute approximate surface area is 117 Å². The van der Waals surface area contributed by atoms with Crippen LogP contribution in [0.3, 0.4) is 0 Å². The molecule has 0 spiro atoms. The van der Waals surface area contributed by atoms with E-state index in [2.05, 4.69) is 0 Å². The first-order chi connectivity index (χ1) is 8.90. The standard InChI is InChI=1S/C12H11ClF3NOS/c13-6-8-5-11(18)17(7-8)9-3-1-2-4-10(9)19-12(14,15)16/h1-4,8H,5-7H2. The number of halogens is 4.